The molecule has 1 aromatic rings. The SMILES string of the molecule is Cc1csc(CNC2CCS(=O)(=O)CC2)n1. The number of aromatic nitrogens is 1. The number of sulfone groups is 1. The lowest BCUT2D eigenvalue weighted by molar-refractivity contribution is 0.462. The van der Waals surface area contributed by atoms with Crippen molar-refractivity contribution in [3.05, 3.63) is 16.1 Å². The molecule has 0 radical (unpaired) electrons. The Morgan fingerprint density at radius 3 is 2.75 bits per heavy atom. The molecule has 0 aromatic carbocycles. The molecule has 1 aliphatic heterocycles. The molecule has 2 heterocycles. The van der Waals surface area contributed by atoms with Gasteiger partial charge in [0, 0.05) is 23.7 Å². The summed E-state index contributed by atoms with van der Waals surface area (Å²) >= 11 is 1.65. The number of thiazole rings is 1. The van der Waals surface area contributed by atoms with Crippen LogP contribution in [0.15, 0.2) is 5.38 Å². The quantitative estimate of drug-likeness (QED) is 0.884. The van der Waals surface area contributed by atoms with Crippen LogP contribution in [0.5, 0.6) is 0 Å². The Balaban J connectivity index is 1.80. The van der Waals surface area contributed by atoms with Crippen LogP contribution in [0.2, 0.25) is 0 Å². The van der Waals surface area contributed by atoms with Gasteiger partial charge in [-0.05, 0) is 19.8 Å². The van der Waals surface area contributed by atoms with Gasteiger partial charge in [0.1, 0.15) is 14.8 Å². The van der Waals surface area contributed by atoms with Crippen LogP contribution >= 0.6 is 11.3 Å². The van der Waals surface area contributed by atoms with Gasteiger partial charge in [0.2, 0.25) is 0 Å². The minimum atomic E-state index is -2.75. The summed E-state index contributed by atoms with van der Waals surface area (Å²) in [5.74, 6) is 0.642. The predicted molar refractivity (Wildman–Crippen MR) is 65.4 cm³/mol. The molecule has 1 fully saturated rings. The summed E-state index contributed by atoms with van der Waals surface area (Å²) in [6.45, 7) is 2.73. The van der Waals surface area contributed by atoms with E-state index < -0.39 is 9.84 Å². The summed E-state index contributed by atoms with van der Waals surface area (Å²) in [6.07, 6.45) is 1.46. The number of hydrogen-bond donors (Lipinski definition) is 1. The number of hydrogen-bond acceptors (Lipinski definition) is 5. The third-order valence-corrected chi connectivity index (χ3v) is 5.45. The van der Waals surface area contributed by atoms with Crippen LogP contribution < -0.4 is 5.32 Å². The van der Waals surface area contributed by atoms with Gasteiger partial charge in [-0.1, -0.05) is 0 Å². The molecule has 0 saturated carbocycles. The van der Waals surface area contributed by atoms with Crippen LogP contribution in [-0.2, 0) is 16.4 Å². The first-order chi connectivity index (χ1) is 7.55. The Hall–Kier alpha value is -0.460. The van der Waals surface area contributed by atoms with Gasteiger partial charge in [-0.2, -0.15) is 0 Å². The van der Waals surface area contributed by atoms with Crippen molar-refractivity contribution in [1.29, 1.82) is 0 Å². The molecular weight excluding hydrogens is 244 g/mol. The summed E-state index contributed by atoms with van der Waals surface area (Å²) in [5.41, 5.74) is 1.05. The maximum Gasteiger partial charge on any atom is 0.150 e. The normalized spacial score (nSPS) is 21.1. The van der Waals surface area contributed by atoms with Gasteiger partial charge in [-0.25, -0.2) is 13.4 Å². The van der Waals surface area contributed by atoms with Gasteiger partial charge >= 0.3 is 0 Å². The highest BCUT2D eigenvalue weighted by atomic mass is 32.2. The Kier molecular flexibility index (Phi) is 3.61. The number of nitrogens with zero attached hydrogens (tertiary/aromatic N) is 1. The molecule has 0 aliphatic carbocycles. The Morgan fingerprint density at radius 1 is 1.50 bits per heavy atom. The van der Waals surface area contributed by atoms with Gasteiger partial charge < -0.3 is 5.32 Å². The number of rotatable bonds is 3. The Morgan fingerprint density at radius 2 is 2.19 bits per heavy atom. The van der Waals surface area contributed by atoms with Crippen LogP contribution in [0.1, 0.15) is 23.5 Å². The van der Waals surface area contributed by atoms with Crippen LogP contribution in [-0.4, -0.2) is 30.9 Å². The highest BCUT2D eigenvalue weighted by Gasteiger charge is 2.23. The average molecular weight is 260 g/mol. The van der Waals surface area contributed by atoms with E-state index in [9.17, 15) is 8.42 Å². The van der Waals surface area contributed by atoms with Crippen molar-refractivity contribution in [2.75, 3.05) is 11.5 Å². The molecule has 0 spiro atoms. The van der Waals surface area contributed by atoms with E-state index in [4.69, 9.17) is 0 Å². The zero-order valence-electron chi connectivity index (χ0n) is 9.27. The lowest BCUT2D eigenvalue weighted by Crippen LogP contribution is -2.37. The second-order valence-corrected chi connectivity index (χ2v) is 7.44. The standard InChI is InChI=1S/C10H16N2O2S2/c1-8-7-15-10(12-8)6-11-9-2-4-16(13,14)5-3-9/h7,9,11H,2-6H2,1H3. The first-order valence-electron chi connectivity index (χ1n) is 5.40. The molecule has 1 aromatic heterocycles. The molecule has 0 bridgehead atoms. The van der Waals surface area contributed by atoms with E-state index in [1.54, 1.807) is 11.3 Å². The van der Waals surface area contributed by atoms with Crippen molar-refractivity contribution in [2.45, 2.75) is 32.4 Å². The highest BCUT2D eigenvalue weighted by molar-refractivity contribution is 7.91. The second kappa shape index (κ2) is 4.81. The molecule has 0 amide bonds. The minimum Gasteiger partial charge on any atom is -0.308 e. The Bertz CT molecular complexity index is 439. The van der Waals surface area contributed by atoms with Crippen molar-refractivity contribution in [3.8, 4) is 0 Å². The zero-order valence-corrected chi connectivity index (χ0v) is 10.9. The van der Waals surface area contributed by atoms with Crippen molar-refractivity contribution >= 4 is 21.2 Å². The maximum absolute atomic E-state index is 11.2. The van der Waals surface area contributed by atoms with E-state index in [1.165, 1.54) is 0 Å². The fourth-order valence-corrected chi connectivity index (χ4v) is 4.02. The van der Waals surface area contributed by atoms with E-state index in [0.717, 1.165) is 30.1 Å². The van der Waals surface area contributed by atoms with E-state index in [2.05, 4.69) is 10.3 Å². The van der Waals surface area contributed by atoms with Crippen molar-refractivity contribution in [2.24, 2.45) is 0 Å². The van der Waals surface area contributed by atoms with Gasteiger partial charge in [-0.15, -0.1) is 11.3 Å². The number of nitrogens with one attached hydrogen (secondary N) is 1. The molecule has 6 heteroatoms. The van der Waals surface area contributed by atoms with Gasteiger partial charge in [0.05, 0.1) is 11.5 Å². The number of aryl methyl sites for hydroxylation is 1. The smallest absolute Gasteiger partial charge is 0.150 e. The third-order valence-electron chi connectivity index (χ3n) is 2.76. The van der Waals surface area contributed by atoms with Crippen LogP contribution in [0.25, 0.3) is 0 Å². The van der Waals surface area contributed by atoms with Gasteiger partial charge in [0.25, 0.3) is 0 Å². The van der Waals surface area contributed by atoms with Gasteiger partial charge in [-0.3, -0.25) is 0 Å². The van der Waals surface area contributed by atoms with E-state index in [0.29, 0.717) is 17.5 Å². The molecule has 16 heavy (non-hydrogen) atoms. The molecular formula is C10H16N2O2S2. The molecule has 1 saturated heterocycles. The molecule has 1 aliphatic rings. The third kappa shape index (κ3) is 3.26. The monoisotopic (exact) mass is 260 g/mol. The fourth-order valence-electron chi connectivity index (χ4n) is 1.81. The topological polar surface area (TPSA) is 59.1 Å². The molecule has 1 N–H and O–H groups in total. The maximum atomic E-state index is 11.2. The molecule has 90 valence electrons. The molecule has 0 atom stereocenters. The fraction of sp³-hybridized carbons (Fsp3) is 0.700. The summed E-state index contributed by atoms with van der Waals surface area (Å²) in [7, 11) is -2.75. The first-order valence-corrected chi connectivity index (χ1v) is 8.10. The summed E-state index contributed by atoms with van der Waals surface area (Å²) in [6, 6.07) is 0.327. The van der Waals surface area contributed by atoms with Crippen molar-refractivity contribution in [1.82, 2.24) is 10.3 Å². The van der Waals surface area contributed by atoms with Crippen LogP contribution in [0.4, 0.5) is 0 Å². The lowest BCUT2D eigenvalue weighted by Gasteiger charge is -2.22. The van der Waals surface area contributed by atoms with E-state index in [1.807, 2.05) is 12.3 Å². The van der Waals surface area contributed by atoms with Crippen LogP contribution in [0, 0.1) is 6.92 Å². The zero-order chi connectivity index (χ0) is 11.6. The molecule has 0 unspecified atom stereocenters. The van der Waals surface area contributed by atoms with Crippen LogP contribution in [0.3, 0.4) is 0 Å². The van der Waals surface area contributed by atoms with Crippen molar-refractivity contribution in [3.63, 3.8) is 0 Å². The second-order valence-electron chi connectivity index (χ2n) is 4.19. The highest BCUT2D eigenvalue weighted by Crippen LogP contribution is 2.14. The molecule has 4 nitrogen and oxygen atoms in total. The summed E-state index contributed by atoms with van der Waals surface area (Å²) < 4.78 is 22.5. The largest absolute Gasteiger partial charge is 0.308 e. The van der Waals surface area contributed by atoms with Crippen molar-refractivity contribution < 1.29 is 8.42 Å². The summed E-state index contributed by atoms with van der Waals surface area (Å²) in [5, 5.41) is 6.48. The van der Waals surface area contributed by atoms with E-state index in [-0.39, 0.29) is 0 Å². The molecule has 2 rings (SSSR count). The first kappa shape index (κ1) is 12.0. The van der Waals surface area contributed by atoms with Gasteiger partial charge in [0.15, 0.2) is 0 Å². The van der Waals surface area contributed by atoms with E-state index >= 15 is 0 Å². The minimum absolute atomic E-state index is 0.321. The lowest BCUT2D eigenvalue weighted by atomic mass is 10.1. The summed E-state index contributed by atoms with van der Waals surface area (Å²) in [4.78, 5) is 4.36. The Labute approximate surface area is 100 Å². The predicted octanol–water partition coefficient (Wildman–Crippen LogP) is 1.12. The average Bonchev–Trinajstić information content (AvgIpc) is 2.63.